The Hall–Kier alpha value is -1.69. The first-order valence-electron chi connectivity index (χ1n) is 8.20. The maximum absolute atomic E-state index is 12.9. The van der Waals surface area contributed by atoms with Crippen LogP contribution in [0.1, 0.15) is 23.0 Å². The standard InChI is InChI=1S/C18H22ClN3O2/c1-12(23)11-21-5-7-22(8-6-21)18(24)16-10-14-9-15(19)3-4-17(14)20-13(16)2/h3-4,9-10,12,23H,5-8,11H2,1-2H3. The van der Waals surface area contributed by atoms with Crippen LogP contribution in [0.25, 0.3) is 10.9 Å². The molecule has 1 aliphatic heterocycles. The van der Waals surface area contributed by atoms with Crippen LogP contribution in [0.2, 0.25) is 5.02 Å². The maximum atomic E-state index is 12.9. The minimum absolute atomic E-state index is 0.0126. The molecule has 1 N–H and O–H groups in total. The van der Waals surface area contributed by atoms with Crippen molar-refractivity contribution in [1.29, 1.82) is 0 Å². The lowest BCUT2D eigenvalue weighted by atomic mass is 10.1. The van der Waals surface area contributed by atoms with Gasteiger partial charge in [-0.05, 0) is 38.1 Å². The van der Waals surface area contributed by atoms with Gasteiger partial charge in [-0.3, -0.25) is 14.7 Å². The van der Waals surface area contributed by atoms with Crippen molar-refractivity contribution in [2.75, 3.05) is 32.7 Å². The highest BCUT2D eigenvalue weighted by Gasteiger charge is 2.24. The van der Waals surface area contributed by atoms with E-state index in [1.807, 2.05) is 30.0 Å². The number of rotatable bonds is 3. The van der Waals surface area contributed by atoms with E-state index in [-0.39, 0.29) is 12.0 Å². The number of aliphatic hydroxyl groups is 1. The van der Waals surface area contributed by atoms with Crippen molar-refractivity contribution >= 4 is 28.4 Å². The van der Waals surface area contributed by atoms with Crippen molar-refractivity contribution in [2.45, 2.75) is 20.0 Å². The third-order valence-corrected chi connectivity index (χ3v) is 4.61. The second-order valence-electron chi connectivity index (χ2n) is 6.40. The highest BCUT2D eigenvalue weighted by atomic mass is 35.5. The van der Waals surface area contributed by atoms with Gasteiger partial charge in [0, 0.05) is 43.1 Å². The molecule has 5 nitrogen and oxygen atoms in total. The van der Waals surface area contributed by atoms with Gasteiger partial charge in [0.15, 0.2) is 0 Å². The second-order valence-corrected chi connectivity index (χ2v) is 6.84. The van der Waals surface area contributed by atoms with Crippen LogP contribution < -0.4 is 0 Å². The fourth-order valence-corrected chi connectivity index (χ4v) is 3.32. The van der Waals surface area contributed by atoms with E-state index in [1.165, 1.54) is 0 Å². The fourth-order valence-electron chi connectivity index (χ4n) is 3.14. The number of fused-ring (bicyclic) bond motifs is 1. The first-order chi connectivity index (χ1) is 11.4. The van der Waals surface area contributed by atoms with Crippen LogP contribution in [0.3, 0.4) is 0 Å². The summed E-state index contributed by atoms with van der Waals surface area (Å²) in [5.74, 6) is 0.0126. The van der Waals surface area contributed by atoms with Gasteiger partial charge in [-0.25, -0.2) is 0 Å². The number of aryl methyl sites for hydroxylation is 1. The van der Waals surface area contributed by atoms with Crippen LogP contribution in [0.15, 0.2) is 24.3 Å². The third-order valence-electron chi connectivity index (χ3n) is 4.38. The average molecular weight is 348 g/mol. The summed E-state index contributed by atoms with van der Waals surface area (Å²) < 4.78 is 0. The Balaban J connectivity index is 1.78. The molecule has 0 saturated carbocycles. The number of β-amino-alcohol motifs (C(OH)–C–C–N with tert-alkyl or cyclic N) is 1. The lowest BCUT2D eigenvalue weighted by molar-refractivity contribution is 0.0553. The van der Waals surface area contributed by atoms with Crippen LogP contribution in [0.4, 0.5) is 0 Å². The monoisotopic (exact) mass is 347 g/mol. The Labute approximate surface area is 146 Å². The van der Waals surface area contributed by atoms with E-state index in [0.717, 1.165) is 29.7 Å². The van der Waals surface area contributed by atoms with Gasteiger partial charge in [0.1, 0.15) is 0 Å². The number of piperazine rings is 1. The first kappa shape index (κ1) is 17.1. The highest BCUT2D eigenvalue weighted by molar-refractivity contribution is 6.31. The molecular weight excluding hydrogens is 326 g/mol. The summed E-state index contributed by atoms with van der Waals surface area (Å²) >= 11 is 6.05. The number of carbonyl (C=O) groups excluding carboxylic acids is 1. The van der Waals surface area contributed by atoms with Gasteiger partial charge < -0.3 is 10.0 Å². The summed E-state index contributed by atoms with van der Waals surface area (Å²) in [6.45, 7) is 7.19. The number of carbonyl (C=O) groups is 1. The molecule has 2 aromatic rings. The number of aliphatic hydroxyl groups excluding tert-OH is 1. The van der Waals surface area contributed by atoms with Crippen LogP contribution >= 0.6 is 11.6 Å². The quantitative estimate of drug-likeness (QED) is 0.926. The van der Waals surface area contributed by atoms with Crippen molar-refractivity contribution in [3.8, 4) is 0 Å². The van der Waals surface area contributed by atoms with Crippen molar-refractivity contribution in [2.24, 2.45) is 0 Å². The molecule has 6 heteroatoms. The van der Waals surface area contributed by atoms with Gasteiger partial charge >= 0.3 is 0 Å². The van der Waals surface area contributed by atoms with Crippen LogP contribution in [-0.2, 0) is 0 Å². The van der Waals surface area contributed by atoms with E-state index in [9.17, 15) is 9.90 Å². The Morgan fingerprint density at radius 3 is 2.67 bits per heavy atom. The zero-order chi connectivity index (χ0) is 17.3. The van der Waals surface area contributed by atoms with E-state index in [4.69, 9.17) is 11.6 Å². The Morgan fingerprint density at radius 1 is 1.29 bits per heavy atom. The van der Waals surface area contributed by atoms with Gasteiger partial charge in [-0.15, -0.1) is 0 Å². The molecule has 1 unspecified atom stereocenters. The van der Waals surface area contributed by atoms with Crippen molar-refractivity contribution in [3.63, 3.8) is 0 Å². The molecular formula is C18H22ClN3O2. The number of pyridine rings is 1. The summed E-state index contributed by atoms with van der Waals surface area (Å²) in [7, 11) is 0. The smallest absolute Gasteiger partial charge is 0.255 e. The summed E-state index contributed by atoms with van der Waals surface area (Å²) in [6, 6.07) is 7.39. The molecule has 1 saturated heterocycles. The SMILES string of the molecule is Cc1nc2ccc(Cl)cc2cc1C(=O)N1CCN(CC(C)O)CC1. The molecule has 24 heavy (non-hydrogen) atoms. The van der Waals surface area contributed by atoms with E-state index < -0.39 is 0 Å². The molecule has 1 amide bonds. The third kappa shape index (κ3) is 3.69. The van der Waals surface area contributed by atoms with Crippen molar-refractivity contribution in [3.05, 3.63) is 40.5 Å². The summed E-state index contributed by atoms with van der Waals surface area (Å²) in [6.07, 6.45) is -0.344. The van der Waals surface area contributed by atoms with Gasteiger partial charge in [-0.1, -0.05) is 11.6 Å². The fraction of sp³-hybridized carbons (Fsp3) is 0.444. The number of halogens is 1. The Bertz CT molecular complexity index is 755. The van der Waals surface area contributed by atoms with E-state index >= 15 is 0 Å². The molecule has 1 atom stereocenters. The van der Waals surface area contributed by atoms with Crippen molar-refractivity contribution < 1.29 is 9.90 Å². The van der Waals surface area contributed by atoms with E-state index in [0.29, 0.717) is 30.2 Å². The zero-order valence-corrected chi connectivity index (χ0v) is 14.8. The highest BCUT2D eigenvalue weighted by Crippen LogP contribution is 2.22. The normalized spacial score (nSPS) is 17.2. The van der Waals surface area contributed by atoms with Crippen molar-refractivity contribution in [1.82, 2.24) is 14.8 Å². The summed E-state index contributed by atoms with van der Waals surface area (Å²) in [5, 5.41) is 11.0. The second kappa shape index (κ2) is 7.05. The number of benzene rings is 1. The lowest BCUT2D eigenvalue weighted by Gasteiger charge is -2.35. The van der Waals surface area contributed by atoms with E-state index in [1.54, 1.807) is 13.0 Å². The number of hydrogen-bond acceptors (Lipinski definition) is 4. The lowest BCUT2D eigenvalue weighted by Crippen LogP contribution is -2.50. The maximum Gasteiger partial charge on any atom is 0.255 e. The van der Waals surface area contributed by atoms with Crippen LogP contribution in [0.5, 0.6) is 0 Å². The van der Waals surface area contributed by atoms with Crippen LogP contribution in [-0.4, -0.2) is 64.6 Å². The predicted molar refractivity (Wildman–Crippen MR) is 95.5 cm³/mol. The Morgan fingerprint density at radius 2 is 2.00 bits per heavy atom. The molecule has 0 radical (unpaired) electrons. The molecule has 1 aliphatic rings. The summed E-state index contributed by atoms with van der Waals surface area (Å²) in [5.41, 5.74) is 2.21. The molecule has 1 aromatic heterocycles. The average Bonchev–Trinajstić information content (AvgIpc) is 2.54. The van der Waals surface area contributed by atoms with Gasteiger partial charge in [0.2, 0.25) is 0 Å². The minimum atomic E-state index is -0.344. The molecule has 3 rings (SSSR count). The molecule has 0 aliphatic carbocycles. The van der Waals surface area contributed by atoms with Gasteiger partial charge in [0.25, 0.3) is 5.91 Å². The number of amides is 1. The molecule has 128 valence electrons. The number of aromatic nitrogens is 1. The molecule has 1 fully saturated rings. The van der Waals surface area contributed by atoms with E-state index in [2.05, 4.69) is 9.88 Å². The molecule has 2 heterocycles. The molecule has 0 spiro atoms. The Kier molecular flexibility index (Phi) is 5.04. The zero-order valence-electron chi connectivity index (χ0n) is 14.0. The predicted octanol–water partition coefficient (Wildman–Crippen LogP) is 2.34. The topological polar surface area (TPSA) is 56.7 Å². The summed E-state index contributed by atoms with van der Waals surface area (Å²) in [4.78, 5) is 21.4. The van der Waals surface area contributed by atoms with Gasteiger partial charge in [0.05, 0.1) is 22.9 Å². The molecule has 1 aromatic carbocycles. The van der Waals surface area contributed by atoms with Crippen LogP contribution in [0, 0.1) is 6.92 Å². The minimum Gasteiger partial charge on any atom is -0.392 e. The number of hydrogen-bond donors (Lipinski definition) is 1. The molecule has 0 bridgehead atoms. The first-order valence-corrected chi connectivity index (χ1v) is 8.58. The largest absolute Gasteiger partial charge is 0.392 e. The number of nitrogens with zero attached hydrogens (tertiary/aromatic N) is 3. The van der Waals surface area contributed by atoms with Gasteiger partial charge in [-0.2, -0.15) is 0 Å².